The number of aliphatic imine (C=N–C) groups is 1. The number of nitrogens with one attached hydrogen (secondary N) is 1. The van der Waals surface area contributed by atoms with Gasteiger partial charge in [-0.05, 0) is 38.2 Å². The second kappa shape index (κ2) is 11.3. The van der Waals surface area contributed by atoms with Gasteiger partial charge in [-0.25, -0.2) is 4.99 Å². The third-order valence-corrected chi connectivity index (χ3v) is 5.03. The number of carbonyl (C=O) groups excluding carboxylic acids is 1. The minimum atomic E-state index is 0. The van der Waals surface area contributed by atoms with E-state index in [2.05, 4.69) is 52.5 Å². The number of hydrogen-bond donors (Lipinski definition) is 1. The maximum atomic E-state index is 12.3. The molecule has 3 rings (SSSR count). The molecule has 5 nitrogen and oxygen atoms in total. The molecule has 2 fully saturated rings. The lowest BCUT2D eigenvalue weighted by molar-refractivity contribution is -0.128. The van der Waals surface area contributed by atoms with Crippen LogP contribution in [0, 0.1) is 0 Å². The molecule has 1 aromatic carbocycles. The molecule has 2 aliphatic rings. The largest absolute Gasteiger partial charge is 0.357 e. The topological polar surface area (TPSA) is 47.9 Å². The predicted octanol–water partition coefficient (Wildman–Crippen LogP) is 3.37. The van der Waals surface area contributed by atoms with Crippen molar-refractivity contribution < 1.29 is 4.79 Å². The third-order valence-electron chi connectivity index (χ3n) is 5.03. The number of hydrogen-bond acceptors (Lipinski definition) is 2. The molecule has 0 unspecified atom stereocenters. The number of carbonyl (C=O) groups is 1. The minimum absolute atomic E-state index is 0. The van der Waals surface area contributed by atoms with Crippen molar-refractivity contribution in [2.75, 3.05) is 39.3 Å². The molecule has 2 saturated heterocycles. The molecule has 27 heavy (non-hydrogen) atoms. The van der Waals surface area contributed by atoms with E-state index in [1.165, 1.54) is 11.1 Å². The highest BCUT2D eigenvalue weighted by atomic mass is 127. The summed E-state index contributed by atoms with van der Waals surface area (Å²) >= 11 is 0. The molecule has 0 saturated carbocycles. The van der Waals surface area contributed by atoms with E-state index in [4.69, 9.17) is 0 Å². The normalized spacial score (nSPS) is 17.5. The molecule has 0 atom stereocenters. The average molecular weight is 482 g/mol. The van der Waals surface area contributed by atoms with Crippen LogP contribution < -0.4 is 5.32 Å². The van der Waals surface area contributed by atoms with Gasteiger partial charge >= 0.3 is 0 Å². The Hall–Kier alpha value is -1.57. The van der Waals surface area contributed by atoms with Gasteiger partial charge in [0.15, 0.2) is 5.96 Å². The van der Waals surface area contributed by atoms with Gasteiger partial charge in [-0.3, -0.25) is 4.79 Å². The first-order valence-corrected chi connectivity index (χ1v) is 9.82. The van der Waals surface area contributed by atoms with Gasteiger partial charge in [0.1, 0.15) is 6.54 Å². The number of rotatable bonds is 4. The lowest BCUT2D eigenvalue weighted by atomic mass is 10.0. The monoisotopic (exact) mass is 482 g/mol. The molecule has 0 bridgehead atoms. The summed E-state index contributed by atoms with van der Waals surface area (Å²) in [6.45, 7) is 6.82. The molecule has 0 aliphatic carbocycles. The zero-order valence-electron chi connectivity index (χ0n) is 16.2. The van der Waals surface area contributed by atoms with Gasteiger partial charge in [0.25, 0.3) is 0 Å². The molecular formula is C21H31IN4O. The van der Waals surface area contributed by atoms with E-state index in [0.29, 0.717) is 0 Å². The van der Waals surface area contributed by atoms with Crippen LogP contribution in [0.5, 0.6) is 0 Å². The first-order chi connectivity index (χ1) is 12.8. The highest BCUT2D eigenvalue weighted by Gasteiger charge is 2.20. The smallest absolute Gasteiger partial charge is 0.244 e. The maximum absolute atomic E-state index is 12.3. The second-order valence-corrected chi connectivity index (χ2v) is 6.96. The van der Waals surface area contributed by atoms with Gasteiger partial charge in [-0.15, -0.1) is 24.0 Å². The molecule has 1 amide bonds. The molecule has 0 aromatic heterocycles. The quantitative estimate of drug-likeness (QED) is 0.407. The average Bonchev–Trinajstić information content (AvgIpc) is 3.21. The van der Waals surface area contributed by atoms with E-state index in [0.717, 1.165) is 64.4 Å². The summed E-state index contributed by atoms with van der Waals surface area (Å²) in [6, 6.07) is 10.5. The van der Waals surface area contributed by atoms with E-state index in [1.807, 2.05) is 11.0 Å². The molecule has 2 heterocycles. The zero-order chi connectivity index (χ0) is 18.2. The number of benzene rings is 1. The number of piperidine rings is 1. The fraction of sp³-hybridized carbons (Fsp3) is 0.524. The molecular weight excluding hydrogens is 451 g/mol. The van der Waals surface area contributed by atoms with Crippen LogP contribution in [0.15, 0.2) is 40.9 Å². The van der Waals surface area contributed by atoms with Crippen LogP contribution in [0.1, 0.15) is 38.2 Å². The van der Waals surface area contributed by atoms with E-state index < -0.39 is 0 Å². The van der Waals surface area contributed by atoms with Gasteiger partial charge in [-0.1, -0.05) is 42.0 Å². The van der Waals surface area contributed by atoms with Gasteiger partial charge in [0.05, 0.1) is 0 Å². The van der Waals surface area contributed by atoms with Gasteiger partial charge < -0.3 is 15.1 Å². The Balaban J connectivity index is 0.00000261. The summed E-state index contributed by atoms with van der Waals surface area (Å²) in [6.07, 6.45) is 6.63. The number of amides is 1. The van der Waals surface area contributed by atoms with E-state index in [1.54, 1.807) is 0 Å². The fourth-order valence-corrected chi connectivity index (χ4v) is 3.57. The summed E-state index contributed by atoms with van der Waals surface area (Å²) in [7, 11) is 0. The second-order valence-electron chi connectivity index (χ2n) is 6.96. The molecule has 1 aromatic rings. The van der Waals surface area contributed by atoms with Gasteiger partial charge in [-0.2, -0.15) is 0 Å². The number of nitrogens with zero attached hydrogens (tertiary/aromatic N) is 3. The van der Waals surface area contributed by atoms with Crippen LogP contribution >= 0.6 is 24.0 Å². The Morgan fingerprint density at radius 2 is 1.74 bits per heavy atom. The summed E-state index contributed by atoms with van der Waals surface area (Å²) in [5.74, 6) is 1.03. The van der Waals surface area contributed by atoms with E-state index in [9.17, 15) is 4.79 Å². The first-order valence-electron chi connectivity index (χ1n) is 9.82. The van der Waals surface area contributed by atoms with E-state index in [-0.39, 0.29) is 36.4 Å². The zero-order valence-corrected chi connectivity index (χ0v) is 18.5. The van der Waals surface area contributed by atoms with Crippen molar-refractivity contribution in [2.45, 2.75) is 32.6 Å². The lowest BCUT2D eigenvalue weighted by Gasteiger charge is -2.31. The molecule has 1 N–H and O–H groups in total. The highest BCUT2D eigenvalue weighted by Crippen LogP contribution is 2.19. The Morgan fingerprint density at radius 1 is 1.07 bits per heavy atom. The fourth-order valence-electron chi connectivity index (χ4n) is 3.57. The maximum Gasteiger partial charge on any atom is 0.244 e. The van der Waals surface area contributed by atoms with Crippen molar-refractivity contribution >= 4 is 41.9 Å². The van der Waals surface area contributed by atoms with Crippen molar-refractivity contribution in [3.05, 3.63) is 41.5 Å². The molecule has 0 spiro atoms. The van der Waals surface area contributed by atoms with Crippen LogP contribution in [0.25, 0.3) is 6.08 Å². The van der Waals surface area contributed by atoms with Crippen molar-refractivity contribution in [3.8, 4) is 0 Å². The molecule has 0 radical (unpaired) electrons. The molecule has 6 heteroatoms. The minimum Gasteiger partial charge on any atom is -0.357 e. The van der Waals surface area contributed by atoms with Crippen molar-refractivity contribution in [1.29, 1.82) is 0 Å². The Morgan fingerprint density at radius 3 is 2.37 bits per heavy atom. The lowest BCUT2D eigenvalue weighted by Crippen LogP contribution is -2.45. The highest BCUT2D eigenvalue weighted by molar-refractivity contribution is 14.0. The van der Waals surface area contributed by atoms with Crippen LogP contribution in [0.2, 0.25) is 0 Å². The summed E-state index contributed by atoms with van der Waals surface area (Å²) in [5.41, 5.74) is 2.75. The van der Waals surface area contributed by atoms with Crippen LogP contribution in [-0.2, 0) is 4.79 Å². The Labute approximate surface area is 179 Å². The summed E-state index contributed by atoms with van der Waals surface area (Å²) in [5, 5.41) is 3.35. The van der Waals surface area contributed by atoms with Crippen LogP contribution in [-0.4, -0.2) is 60.9 Å². The standard InChI is InChI=1S/C21H30N4O.HI/c1-2-22-21(23-17-20(26)24-12-6-7-13-24)25-14-10-19(11-15-25)16-18-8-4-3-5-9-18;/h3-5,8-9,16H,2,6-7,10-15,17H2,1H3,(H,22,23);1H. The molecule has 2 aliphatic heterocycles. The Bertz CT molecular complexity index is 643. The van der Waals surface area contributed by atoms with Gasteiger partial charge in [0, 0.05) is 32.7 Å². The Kier molecular flexibility index (Phi) is 9.10. The first kappa shape index (κ1) is 21.7. The number of halogens is 1. The van der Waals surface area contributed by atoms with Crippen molar-refractivity contribution in [3.63, 3.8) is 0 Å². The number of guanidine groups is 1. The molecule has 148 valence electrons. The van der Waals surface area contributed by atoms with Crippen LogP contribution in [0.4, 0.5) is 0 Å². The van der Waals surface area contributed by atoms with Crippen LogP contribution in [0.3, 0.4) is 0 Å². The summed E-state index contributed by atoms with van der Waals surface area (Å²) in [4.78, 5) is 21.1. The van der Waals surface area contributed by atoms with Crippen molar-refractivity contribution in [2.24, 2.45) is 4.99 Å². The van der Waals surface area contributed by atoms with Gasteiger partial charge in [0.2, 0.25) is 5.91 Å². The summed E-state index contributed by atoms with van der Waals surface area (Å²) < 4.78 is 0. The predicted molar refractivity (Wildman–Crippen MR) is 122 cm³/mol. The third kappa shape index (κ3) is 6.52. The van der Waals surface area contributed by atoms with E-state index >= 15 is 0 Å². The SMILES string of the molecule is CCNC(=NCC(=O)N1CCCC1)N1CCC(=Cc2ccccc2)CC1.I. The van der Waals surface area contributed by atoms with Crippen molar-refractivity contribution in [1.82, 2.24) is 15.1 Å². The number of likely N-dealkylation sites (tertiary alicyclic amines) is 2.